The molecule has 3 aromatic rings. The Bertz CT molecular complexity index is 1140. The summed E-state index contributed by atoms with van der Waals surface area (Å²) in [6.45, 7) is 0.565. The monoisotopic (exact) mass is 413 g/mol. The minimum atomic E-state index is -4.43. The van der Waals surface area contributed by atoms with Crippen molar-refractivity contribution in [2.24, 2.45) is 0 Å². The maximum Gasteiger partial charge on any atom is 0.416 e. The van der Waals surface area contributed by atoms with Crippen molar-refractivity contribution >= 4 is 5.91 Å². The second-order valence-corrected chi connectivity index (χ2v) is 7.16. The van der Waals surface area contributed by atoms with Crippen molar-refractivity contribution in [1.29, 1.82) is 0 Å². The topological polar surface area (TPSA) is 66.1 Å². The van der Waals surface area contributed by atoms with Gasteiger partial charge in [-0.15, -0.1) is 0 Å². The molecule has 5 nitrogen and oxygen atoms in total. The molecule has 0 saturated heterocycles. The van der Waals surface area contributed by atoms with Crippen LogP contribution in [0.3, 0.4) is 0 Å². The number of nitrogens with zero attached hydrogens (tertiary/aromatic N) is 2. The van der Waals surface area contributed by atoms with E-state index in [1.807, 2.05) is 6.07 Å². The lowest BCUT2D eigenvalue weighted by Gasteiger charge is -2.28. The Morgan fingerprint density at radius 2 is 1.87 bits per heavy atom. The smallest absolute Gasteiger partial charge is 0.334 e. The predicted molar refractivity (Wildman–Crippen MR) is 104 cm³/mol. The third-order valence-electron chi connectivity index (χ3n) is 5.05. The molecule has 4 rings (SSSR count). The number of alkyl halides is 3. The standard InChI is InChI=1S/C22H18F3N3O2/c23-22(24,25)16-8-4-5-14(11-16)12-19-26-18-9-10-28(13-17(18)20(29)27-19)21(30)15-6-2-1-3-7-15/h1-8,11H,9-10,12-13H2,(H,26,27,29). The summed E-state index contributed by atoms with van der Waals surface area (Å²) < 4.78 is 38.7. The van der Waals surface area contributed by atoms with E-state index >= 15 is 0 Å². The molecule has 1 aliphatic rings. The first-order chi connectivity index (χ1) is 14.3. The molecule has 1 aromatic heterocycles. The van der Waals surface area contributed by atoms with E-state index in [4.69, 9.17) is 0 Å². The molecule has 1 N–H and O–H groups in total. The van der Waals surface area contributed by atoms with Crippen molar-refractivity contribution < 1.29 is 18.0 Å². The summed E-state index contributed by atoms with van der Waals surface area (Å²) in [4.78, 5) is 33.9. The lowest BCUT2D eigenvalue weighted by atomic mass is 10.0. The number of benzene rings is 2. The van der Waals surface area contributed by atoms with Gasteiger partial charge in [-0.3, -0.25) is 9.59 Å². The van der Waals surface area contributed by atoms with Gasteiger partial charge in [0.25, 0.3) is 11.5 Å². The number of rotatable bonds is 3. The van der Waals surface area contributed by atoms with Crippen molar-refractivity contribution in [3.8, 4) is 0 Å². The van der Waals surface area contributed by atoms with E-state index in [1.165, 1.54) is 6.07 Å². The van der Waals surface area contributed by atoms with Gasteiger partial charge in [-0.1, -0.05) is 36.4 Å². The molecule has 8 heteroatoms. The summed E-state index contributed by atoms with van der Waals surface area (Å²) in [5.41, 5.74) is 0.843. The Labute approximate surface area is 170 Å². The minimum absolute atomic E-state index is 0.0824. The van der Waals surface area contributed by atoms with E-state index in [2.05, 4.69) is 9.97 Å². The molecule has 0 aliphatic carbocycles. The highest BCUT2D eigenvalue weighted by molar-refractivity contribution is 5.94. The molecule has 1 amide bonds. The van der Waals surface area contributed by atoms with Gasteiger partial charge in [-0.25, -0.2) is 4.98 Å². The predicted octanol–water partition coefficient (Wildman–Crippen LogP) is 3.58. The van der Waals surface area contributed by atoms with Gasteiger partial charge in [0.1, 0.15) is 5.82 Å². The highest BCUT2D eigenvalue weighted by Gasteiger charge is 2.30. The molecule has 1 aliphatic heterocycles. The van der Waals surface area contributed by atoms with Gasteiger partial charge in [-0.05, 0) is 23.8 Å². The van der Waals surface area contributed by atoms with Gasteiger partial charge in [0.05, 0.1) is 23.4 Å². The van der Waals surface area contributed by atoms with Crippen LogP contribution in [0.4, 0.5) is 13.2 Å². The maximum atomic E-state index is 12.9. The van der Waals surface area contributed by atoms with Crippen LogP contribution in [-0.4, -0.2) is 27.3 Å². The molecule has 0 atom stereocenters. The van der Waals surface area contributed by atoms with Crippen LogP contribution < -0.4 is 5.56 Å². The fraction of sp³-hybridized carbons (Fsp3) is 0.227. The van der Waals surface area contributed by atoms with Gasteiger partial charge in [0.2, 0.25) is 0 Å². The first kappa shape index (κ1) is 19.9. The average molecular weight is 413 g/mol. The number of halogens is 3. The Morgan fingerprint density at radius 3 is 2.60 bits per heavy atom. The van der Waals surface area contributed by atoms with Gasteiger partial charge in [0, 0.05) is 24.9 Å². The molecule has 2 aromatic carbocycles. The fourth-order valence-electron chi connectivity index (χ4n) is 3.55. The summed E-state index contributed by atoms with van der Waals surface area (Å²) >= 11 is 0. The third-order valence-corrected chi connectivity index (χ3v) is 5.05. The number of hydrogen-bond donors (Lipinski definition) is 1. The molecular formula is C22H18F3N3O2. The molecule has 0 saturated carbocycles. The number of fused-ring (bicyclic) bond motifs is 1. The molecule has 0 unspecified atom stereocenters. The minimum Gasteiger partial charge on any atom is -0.334 e. The summed E-state index contributed by atoms with van der Waals surface area (Å²) in [6.07, 6.45) is -3.94. The summed E-state index contributed by atoms with van der Waals surface area (Å²) in [6, 6.07) is 13.8. The van der Waals surface area contributed by atoms with E-state index < -0.39 is 11.7 Å². The second kappa shape index (κ2) is 7.78. The molecule has 154 valence electrons. The highest BCUT2D eigenvalue weighted by atomic mass is 19.4. The Morgan fingerprint density at radius 1 is 1.10 bits per heavy atom. The number of aromatic amines is 1. The molecular weight excluding hydrogens is 395 g/mol. The number of amides is 1. The highest BCUT2D eigenvalue weighted by Crippen LogP contribution is 2.29. The zero-order valence-electron chi connectivity index (χ0n) is 15.9. The zero-order chi connectivity index (χ0) is 21.3. The maximum absolute atomic E-state index is 12.9. The largest absolute Gasteiger partial charge is 0.416 e. The number of aromatic nitrogens is 2. The van der Waals surface area contributed by atoms with Crippen LogP contribution in [0.25, 0.3) is 0 Å². The van der Waals surface area contributed by atoms with Gasteiger partial charge in [-0.2, -0.15) is 13.2 Å². The van der Waals surface area contributed by atoms with Crippen LogP contribution in [0.1, 0.15) is 38.6 Å². The number of carbonyl (C=O) groups is 1. The van der Waals surface area contributed by atoms with Crippen molar-refractivity contribution in [3.05, 3.63) is 98.7 Å². The molecule has 0 bridgehead atoms. The van der Waals surface area contributed by atoms with Gasteiger partial charge >= 0.3 is 6.18 Å². The van der Waals surface area contributed by atoms with E-state index in [0.717, 1.165) is 12.1 Å². The number of carbonyl (C=O) groups excluding carboxylic acids is 1. The van der Waals surface area contributed by atoms with Crippen molar-refractivity contribution in [1.82, 2.24) is 14.9 Å². The number of hydrogen-bond acceptors (Lipinski definition) is 3. The second-order valence-electron chi connectivity index (χ2n) is 7.16. The van der Waals surface area contributed by atoms with Crippen molar-refractivity contribution in [2.45, 2.75) is 25.6 Å². The first-order valence-corrected chi connectivity index (χ1v) is 9.42. The van der Waals surface area contributed by atoms with E-state index in [0.29, 0.717) is 41.2 Å². The lowest BCUT2D eigenvalue weighted by Crippen LogP contribution is -2.39. The van der Waals surface area contributed by atoms with Gasteiger partial charge < -0.3 is 9.88 Å². The zero-order valence-corrected chi connectivity index (χ0v) is 15.9. The molecule has 0 spiro atoms. The number of H-pyrrole nitrogens is 1. The van der Waals surface area contributed by atoms with Crippen LogP contribution >= 0.6 is 0 Å². The molecule has 0 fully saturated rings. The van der Waals surface area contributed by atoms with E-state index in [1.54, 1.807) is 35.2 Å². The molecule has 2 heterocycles. The summed E-state index contributed by atoms with van der Waals surface area (Å²) in [5.74, 6) is 0.148. The Hall–Kier alpha value is -3.42. The third kappa shape index (κ3) is 4.12. The van der Waals surface area contributed by atoms with Gasteiger partial charge in [0.15, 0.2) is 0 Å². The van der Waals surface area contributed by atoms with Crippen LogP contribution in [0.5, 0.6) is 0 Å². The quantitative estimate of drug-likeness (QED) is 0.714. The van der Waals surface area contributed by atoms with E-state index in [-0.39, 0.29) is 24.4 Å². The molecule has 30 heavy (non-hydrogen) atoms. The van der Waals surface area contributed by atoms with Crippen molar-refractivity contribution in [2.75, 3.05) is 6.54 Å². The first-order valence-electron chi connectivity index (χ1n) is 9.42. The fourth-order valence-corrected chi connectivity index (χ4v) is 3.55. The Kier molecular flexibility index (Phi) is 5.15. The Balaban J connectivity index is 1.55. The van der Waals surface area contributed by atoms with E-state index in [9.17, 15) is 22.8 Å². The van der Waals surface area contributed by atoms with Crippen LogP contribution in [-0.2, 0) is 25.6 Å². The SMILES string of the molecule is O=C(c1ccccc1)N1CCc2nc(Cc3cccc(C(F)(F)F)c3)[nH]c(=O)c2C1. The normalized spacial score (nSPS) is 13.8. The summed E-state index contributed by atoms with van der Waals surface area (Å²) in [5, 5.41) is 0. The van der Waals surface area contributed by atoms with Crippen LogP contribution in [0.15, 0.2) is 59.4 Å². The van der Waals surface area contributed by atoms with Crippen LogP contribution in [0, 0.1) is 0 Å². The number of nitrogens with one attached hydrogen (secondary N) is 1. The molecule has 0 radical (unpaired) electrons. The van der Waals surface area contributed by atoms with Crippen LogP contribution in [0.2, 0.25) is 0 Å². The summed E-state index contributed by atoms with van der Waals surface area (Å²) in [7, 11) is 0. The van der Waals surface area contributed by atoms with Crippen molar-refractivity contribution in [3.63, 3.8) is 0 Å². The lowest BCUT2D eigenvalue weighted by molar-refractivity contribution is -0.137. The average Bonchev–Trinajstić information content (AvgIpc) is 2.73.